The third kappa shape index (κ3) is 4.02. The molecule has 2 saturated heterocycles. The molecule has 2 aliphatic rings. The first-order valence-corrected chi connectivity index (χ1v) is 11.3. The third-order valence-electron chi connectivity index (χ3n) is 6.73. The fourth-order valence-corrected chi connectivity index (χ4v) is 5.14. The molecule has 8 nitrogen and oxygen atoms in total. The molecule has 3 atom stereocenters. The summed E-state index contributed by atoms with van der Waals surface area (Å²) >= 11 is 0. The number of hydrogen-bond acceptors (Lipinski definition) is 6. The van der Waals surface area contributed by atoms with Crippen LogP contribution in [-0.4, -0.2) is 56.9 Å². The maximum atomic E-state index is 14.4. The molecule has 3 aromatic heterocycles. The Labute approximate surface area is 191 Å². The molecule has 9 heteroatoms. The molecular weight excluding hydrogens is 421 g/mol. The first-order chi connectivity index (χ1) is 16.0. The minimum atomic E-state index is -0.295. The predicted octanol–water partition coefficient (Wildman–Crippen LogP) is 2.66. The average molecular weight is 448 g/mol. The van der Waals surface area contributed by atoms with Gasteiger partial charge >= 0.3 is 0 Å². The lowest BCUT2D eigenvalue weighted by Crippen LogP contribution is -2.56. The Balaban J connectivity index is 1.17. The molecule has 0 aromatic carbocycles. The van der Waals surface area contributed by atoms with E-state index >= 15 is 0 Å². The minimum Gasteiger partial charge on any atom is -0.347 e. The number of fused-ring (bicyclic) bond motifs is 3. The number of nitrogens with one attached hydrogen (secondary N) is 1. The Kier molecular flexibility index (Phi) is 5.68. The maximum Gasteiger partial charge on any atom is 0.223 e. The monoisotopic (exact) mass is 447 g/mol. The molecule has 5 rings (SSSR count). The highest BCUT2D eigenvalue weighted by Gasteiger charge is 2.41. The molecule has 170 valence electrons. The summed E-state index contributed by atoms with van der Waals surface area (Å²) in [4.78, 5) is 25.9. The number of aromatic nitrogens is 3. The summed E-state index contributed by atoms with van der Waals surface area (Å²) < 4.78 is 16.2. The van der Waals surface area contributed by atoms with Crippen LogP contribution in [0.2, 0.25) is 0 Å². The maximum absolute atomic E-state index is 14.4. The molecule has 0 spiro atoms. The van der Waals surface area contributed by atoms with Crippen molar-refractivity contribution in [3.63, 3.8) is 0 Å². The van der Waals surface area contributed by atoms with Crippen LogP contribution in [-0.2, 0) is 4.79 Å². The minimum absolute atomic E-state index is 0.111. The van der Waals surface area contributed by atoms with Crippen molar-refractivity contribution in [2.45, 2.75) is 44.3 Å². The average Bonchev–Trinajstić information content (AvgIpc) is 3.40. The highest BCUT2D eigenvalue weighted by atomic mass is 19.1. The van der Waals surface area contributed by atoms with Crippen LogP contribution in [0.4, 0.5) is 10.2 Å². The first-order valence-electron chi connectivity index (χ1n) is 11.3. The molecule has 5 heterocycles. The standard InChI is InChI=1S/C24H26FN7O/c1-16(24-20(25)5-7-21-28-10-11-31(21)24)27-9-8-23(33)30-14-18-3-4-19(15-30)32(18)22-6-2-17(12-26)13-29-22/h2,5-7,10-11,13,16,18-19,27H,3-4,8-9,14-15H2,1H3. The van der Waals surface area contributed by atoms with Gasteiger partial charge < -0.3 is 15.1 Å². The van der Waals surface area contributed by atoms with Gasteiger partial charge in [-0.05, 0) is 44.0 Å². The zero-order chi connectivity index (χ0) is 22.9. The van der Waals surface area contributed by atoms with Gasteiger partial charge in [0.1, 0.15) is 23.4 Å². The lowest BCUT2D eigenvalue weighted by molar-refractivity contribution is -0.132. The van der Waals surface area contributed by atoms with Crippen molar-refractivity contribution < 1.29 is 9.18 Å². The highest BCUT2D eigenvalue weighted by Crippen LogP contribution is 2.34. The number of amides is 1. The number of pyridine rings is 2. The predicted molar refractivity (Wildman–Crippen MR) is 121 cm³/mol. The van der Waals surface area contributed by atoms with Gasteiger partial charge in [0.25, 0.3) is 0 Å². The number of carbonyl (C=O) groups is 1. The van der Waals surface area contributed by atoms with Crippen molar-refractivity contribution in [3.8, 4) is 6.07 Å². The zero-order valence-corrected chi connectivity index (χ0v) is 18.5. The van der Waals surface area contributed by atoms with E-state index in [0.29, 0.717) is 43.0 Å². The number of rotatable bonds is 6. The largest absolute Gasteiger partial charge is 0.347 e. The van der Waals surface area contributed by atoms with E-state index in [9.17, 15) is 9.18 Å². The summed E-state index contributed by atoms with van der Waals surface area (Å²) in [5.74, 6) is 0.691. The van der Waals surface area contributed by atoms with Gasteiger partial charge in [-0.25, -0.2) is 14.4 Å². The van der Waals surface area contributed by atoms with Crippen LogP contribution in [0.3, 0.4) is 0 Å². The molecule has 3 aromatic rings. The summed E-state index contributed by atoms with van der Waals surface area (Å²) in [6, 6.07) is 9.09. The molecule has 0 saturated carbocycles. The van der Waals surface area contributed by atoms with Crippen molar-refractivity contribution in [2.24, 2.45) is 0 Å². The Morgan fingerprint density at radius 3 is 2.73 bits per heavy atom. The van der Waals surface area contributed by atoms with Gasteiger partial charge in [0.15, 0.2) is 0 Å². The fourth-order valence-electron chi connectivity index (χ4n) is 5.14. The van der Waals surface area contributed by atoms with E-state index < -0.39 is 0 Å². The summed E-state index contributed by atoms with van der Waals surface area (Å²) in [5, 5.41) is 12.3. The number of anilines is 1. The molecule has 0 radical (unpaired) electrons. The lowest BCUT2D eigenvalue weighted by atomic mass is 10.1. The zero-order valence-electron chi connectivity index (χ0n) is 18.5. The second-order valence-electron chi connectivity index (χ2n) is 8.76. The van der Waals surface area contributed by atoms with Crippen molar-refractivity contribution >= 4 is 17.4 Å². The van der Waals surface area contributed by atoms with Crippen molar-refractivity contribution in [2.75, 3.05) is 24.5 Å². The van der Waals surface area contributed by atoms with Crippen LogP contribution in [0.1, 0.15) is 43.5 Å². The van der Waals surface area contributed by atoms with E-state index in [1.165, 1.54) is 6.07 Å². The summed E-state index contributed by atoms with van der Waals surface area (Å²) in [6.45, 7) is 3.72. The molecule has 1 N–H and O–H groups in total. The summed E-state index contributed by atoms with van der Waals surface area (Å²) in [6.07, 6.45) is 7.41. The van der Waals surface area contributed by atoms with E-state index in [4.69, 9.17) is 5.26 Å². The van der Waals surface area contributed by atoms with Crippen LogP contribution in [0.15, 0.2) is 42.9 Å². The smallest absolute Gasteiger partial charge is 0.223 e. The van der Waals surface area contributed by atoms with Crippen LogP contribution in [0.25, 0.3) is 5.65 Å². The molecular formula is C24H26FN7O. The molecule has 33 heavy (non-hydrogen) atoms. The Hall–Kier alpha value is -3.51. The lowest BCUT2D eigenvalue weighted by Gasteiger charge is -2.42. The summed E-state index contributed by atoms with van der Waals surface area (Å²) in [7, 11) is 0. The number of nitriles is 1. The third-order valence-corrected chi connectivity index (χ3v) is 6.73. The van der Waals surface area contributed by atoms with Crippen LogP contribution >= 0.6 is 0 Å². The number of likely N-dealkylation sites (tertiary alicyclic amines) is 1. The molecule has 3 unspecified atom stereocenters. The Bertz CT molecular complexity index is 1190. The van der Waals surface area contributed by atoms with E-state index in [1.54, 1.807) is 35.1 Å². The van der Waals surface area contributed by atoms with Gasteiger partial charge in [-0.2, -0.15) is 5.26 Å². The van der Waals surface area contributed by atoms with Crippen molar-refractivity contribution in [3.05, 3.63) is 59.9 Å². The molecule has 2 fully saturated rings. The van der Waals surface area contributed by atoms with Crippen LogP contribution in [0, 0.1) is 17.1 Å². The number of halogens is 1. The second-order valence-corrected chi connectivity index (χ2v) is 8.76. The quantitative estimate of drug-likeness (QED) is 0.625. The SMILES string of the molecule is CC(NCCC(=O)N1CC2CCC(C1)N2c1ccc(C#N)cn1)c1c(F)ccc2nccn12. The molecule has 0 aliphatic carbocycles. The Morgan fingerprint density at radius 1 is 1.24 bits per heavy atom. The number of nitrogens with zero attached hydrogens (tertiary/aromatic N) is 6. The van der Waals surface area contributed by atoms with E-state index in [1.807, 2.05) is 17.9 Å². The molecule has 2 aliphatic heterocycles. The summed E-state index contributed by atoms with van der Waals surface area (Å²) in [5.41, 5.74) is 1.76. The number of carbonyl (C=O) groups excluding carboxylic acids is 1. The van der Waals surface area contributed by atoms with E-state index in [-0.39, 0.29) is 29.8 Å². The number of imidazole rings is 1. The van der Waals surface area contributed by atoms with Gasteiger partial charge in [0.2, 0.25) is 5.91 Å². The normalized spacial score (nSPS) is 20.8. The van der Waals surface area contributed by atoms with Crippen molar-refractivity contribution in [1.29, 1.82) is 5.26 Å². The number of piperazine rings is 1. The van der Waals surface area contributed by atoms with E-state index in [2.05, 4.69) is 26.3 Å². The van der Waals surface area contributed by atoms with E-state index in [0.717, 1.165) is 18.7 Å². The second kappa shape index (κ2) is 8.79. The van der Waals surface area contributed by atoms with Crippen molar-refractivity contribution in [1.82, 2.24) is 24.6 Å². The Morgan fingerprint density at radius 2 is 2.03 bits per heavy atom. The fraction of sp³-hybridized carbons (Fsp3) is 0.417. The van der Waals surface area contributed by atoms with Crippen LogP contribution in [0.5, 0.6) is 0 Å². The van der Waals surface area contributed by atoms with Gasteiger partial charge in [0.05, 0.1) is 11.3 Å². The topological polar surface area (TPSA) is 89.6 Å². The number of hydrogen-bond donors (Lipinski definition) is 1. The molecule has 2 bridgehead atoms. The molecule has 1 amide bonds. The van der Waals surface area contributed by atoms with Crippen LogP contribution < -0.4 is 10.2 Å². The highest BCUT2D eigenvalue weighted by molar-refractivity contribution is 5.77. The van der Waals surface area contributed by atoms with Gasteiger partial charge in [0, 0.05) is 62.8 Å². The first kappa shape index (κ1) is 21.3. The van der Waals surface area contributed by atoms with Gasteiger partial charge in [-0.1, -0.05) is 0 Å². The van der Waals surface area contributed by atoms with Gasteiger partial charge in [-0.15, -0.1) is 0 Å². The van der Waals surface area contributed by atoms with Gasteiger partial charge in [-0.3, -0.25) is 9.20 Å².